The molecule has 0 aromatic carbocycles. The minimum atomic E-state index is 0.398. The van der Waals surface area contributed by atoms with E-state index in [1.165, 1.54) is 12.8 Å². The molecule has 0 amide bonds. The summed E-state index contributed by atoms with van der Waals surface area (Å²) in [6.45, 7) is 10.3. The number of hydrogen-bond acceptors (Lipinski definition) is 3. The van der Waals surface area contributed by atoms with E-state index < -0.39 is 0 Å². The smallest absolute Gasteiger partial charge is 0.120 e. The zero-order valence-electron chi connectivity index (χ0n) is 11.9. The molecule has 2 heterocycles. The van der Waals surface area contributed by atoms with Crippen molar-refractivity contribution in [3.8, 4) is 0 Å². The van der Waals surface area contributed by atoms with Gasteiger partial charge in [-0.3, -0.25) is 4.90 Å². The predicted octanol–water partition coefficient (Wildman–Crippen LogP) is 3.05. The first-order valence-corrected chi connectivity index (χ1v) is 7.23. The highest BCUT2D eigenvalue weighted by Crippen LogP contribution is 2.26. The van der Waals surface area contributed by atoms with Crippen molar-refractivity contribution < 1.29 is 4.42 Å². The Balaban J connectivity index is 1.87. The van der Waals surface area contributed by atoms with Gasteiger partial charge in [-0.25, -0.2) is 0 Å². The monoisotopic (exact) mass is 250 g/mol. The fourth-order valence-corrected chi connectivity index (χ4v) is 2.87. The Labute approximate surface area is 111 Å². The van der Waals surface area contributed by atoms with Gasteiger partial charge in [-0.05, 0) is 44.4 Å². The molecule has 0 saturated carbocycles. The van der Waals surface area contributed by atoms with Crippen LogP contribution in [-0.2, 0) is 0 Å². The molecule has 3 atom stereocenters. The fraction of sp³-hybridized carbons (Fsp3) is 0.733. The Hall–Kier alpha value is -0.800. The lowest BCUT2D eigenvalue weighted by Gasteiger charge is -2.39. The summed E-state index contributed by atoms with van der Waals surface area (Å²) in [5.41, 5.74) is 0. The molecule has 1 N–H and O–H groups in total. The van der Waals surface area contributed by atoms with Gasteiger partial charge in [0.05, 0.1) is 12.3 Å². The van der Waals surface area contributed by atoms with Crippen LogP contribution in [0.3, 0.4) is 0 Å². The summed E-state index contributed by atoms with van der Waals surface area (Å²) in [6.07, 6.45) is 4.23. The fourth-order valence-electron chi connectivity index (χ4n) is 2.87. The Morgan fingerprint density at radius 3 is 3.00 bits per heavy atom. The van der Waals surface area contributed by atoms with Crippen LogP contribution >= 0.6 is 0 Å². The van der Waals surface area contributed by atoms with Gasteiger partial charge < -0.3 is 9.73 Å². The molecular weight excluding hydrogens is 224 g/mol. The molecule has 18 heavy (non-hydrogen) atoms. The molecule has 102 valence electrons. The van der Waals surface area contributed by atoms with Gasteiger partial charge in [-0.1, -0.05) is 13.8 Å². The van der Waals surface area contributed by atoms with Gasteiger partial charge in [-0.2, -0.15) is 0 Å². The maximum Gasteiger partial charge on any atom is 0.120 e. The zero-order valence-corrected chi connectivity index (χ0v) is 11.9. The largest absolute Gasteiger partial charge is 0.468 e. The van der Waals surface area contributed by atoms with Crippen molar-refractivity contribution in [1.29, 1.82) is 0 Å². The highest BCUT2D eigenvalue weighted by molar-refractivity contribution is 5.04. The van der Waals surface area contributed by atoms with Crippen LogP contribution in [0.2, 0.25) is 0 Å². The van der Waals surface area contributed by atoms with Crippen LogP contribution in [0.1, 0.15) is 45.4 Å². The van der Waals surface area contributed by atoms with Crippen molar-refractivity contribution in [1.82, 2.24) is 10.2 Å². The molecule has 3 nitrogen and oxygen atoms in total. The van der Waals surface area contributed by atoms with E-state index in [2.05, 4.69) is 37.1 Å². The normalized spacial score (nSPS) is 27.3. The number of nitrogens with zero attached hydrogens (tertiary/aromatic N) is 1. The Morgan fingerprint density at radius 2 is 2.39 bits per heavy atom. The summed E-state index contributed by atoms with van der Waals surface area (Å²) in [7, 11) is 0. The molecule has 1 aliphatic heterocycles. The number of nitrogens with one attached hydrogen (secondary N) is 1. The Kier molecular flexibility index (Phi) is 4.84. The molecule has 1 aliphatic rings. The summed E-state index contributed by atoms with van der Waals surface area (Å²) in [6, 6.07) is 5.14. The predicted molar refractivity (Wildman–Crippen MR) is 74.6 cm³/mol. The minimum absolute atomic E-state index is 0.398. The first-order valence-electron chi connectivity index (χ1n) is 7.23. The van der Waals surface area contributed by atoms with Crippen LogP contribution in [0, 0.1) is 5.92 Å². The van der Waals surface area contributed by atoms with Crippen molar-refractivity contribution in [2.24, 2.45) is 5.92 Å². The molecule has 0 spiro atoms. The first kappa shape index (κ1) is 13.6. The molecule has 1 aromatic heterocycles. The second-order valence-electron chi connectivity index (χ2n) is 5.51. The average Bonchev–Trinajstić information content (AvgIpc) is 2.90. The van der Waals surface area contributed by atoms with Gasteiger partial charge in [0.2, 0.25) is 0 Å². The topological polar surface area (TPSA) is 28.4 Å². The van der Waals surface area contributed by atoms with E-state index in [0.29, 0.717) is 18.0 Å². The third-order valence-corrected chi connectivity index (χ3v) is 4.10. The van der Waals surface area contributed by atoms with E-state index in [4.69, 9.17) is 4.42 Å². The van der Waals surface area contributed by atoms with Crippen LogP contribution in [-0.4, -0.2) is 30.6 Å². The van der Waals surface area contributed by atoms with Crippen LogP contribution in [0.5, 0.6) is 0 Å². The number of hydrogen-bond donors (Lipinski definition) is 1. The van der Waals surface area contributed by atoms with Gasteiger partial charge in [-0.15, -0.1) is 0 Å². The van der Waals surface area contributed by atoms with E-state index in [9.17, 15) is 0 Å². The minimum Gasteiger partial charge on any atom is -0.468 e. The quantitative estimate of drug-likeness (QED) is 0.870. The first-order chi connectivity index (χ1) is 8.72. The van der Waals surface area contributed by atoms with Crippen molar-refractivity contribution in [2.45, 2.75) is 45.7 Å². The van der Waals surface area contributed by atoms with E-state index in [0.717, 1.165) is 25.4 Å². The highest BCUT2D eigenvalue weighted by Gasteiger charge is 2.29. The van der Waals surface area contributed by atoms with Crippen molar-refractivity contribution in [2.75, 3.05) is 19.6 Å². The van der Waals surface area contributed by atoms with Crippen molar-refractivity contribution in [3.63, 3.8) is 0 Å². The lowest BCUT2D eigenvalue weighted by atomic mass is 9.92. The van der Waals surface area contributed by atoms with Crippen LogP contribution in [0.4, 0.5) is 0 Å². The van der Waals surface area contributed by atoms with Gasteiger partial charge in [0.25, 0.3) is 0 Å². The highest BCUT2D eigenvalue weighted by atomic mass is 16.3. The molecule has 0 radical (unpaired) electrons. The van der Waals surface area contributed by atoms with E-state index >= 15 is 0 Å². The summed E-state index contributed by atoms with van der Waals surface area (Å²) in [4.78, 5) is 2.54. The summed E-state index contributed by atoms with van der Waals surface area (Å²) in [5, 5.41) is 3.67. The summed E-state index contributed by atoms with van der Waals surface area (Å²) >= 11 is 0. The maximum atomic E-state index is 5.52. The summed E-state index contributed by atoms with van der Waals surface area (Å²) < 4.78 is 5.52. The lowest BCUT2D eigenvalue weighted by Crippen LogP contribution is -2.49. The molecule has 3 heteroatoms. The van der Waals surface area contributed by atoms with Crippen LogP contribution in [0.25, 0.3) is 0 Å². The molecule has 1 aromatic rings. The third-order valence-electron chi connectivity index (χ3n) is 4.10. The van der Waals surface area contributed by atoms with E-state index in [1.807, 2.05) is 6.07 Å². The number of furan rings is 1. The average molecular weight is 250 g/mol. The second kappa shape index (κ2) is 6.39. The van der Waals surface area contributed by atoms with Gasteiger partial charge in [0, 0.05) is 19.1 Å². The number of rotatable bonds is 5. The van der Waals surface area contributed by atoms with Gasteiger partial charge >= 0.3 is 0 Å². The summed E-state index contributed by atoms with van der Waals surface area (Å²) in [5.74, 6) is 1.80. The Morgan fingerprint density at radius 1 is 1.56 bits per heavy atom. The third kappa shape index (κ3) is 3.15. The van der Waals surface area contributed by atoms with Crippen molar-refractivity contribution >= 4 is 0 Å². The molecule has 3 unspecified atom stereocenters. The second-order valence-corrected chi connectivity index (χ2v) is 5.51. The standard InChI is InChI=1S/C15H26N2O/c1-4-8-16-14-7-9-17(11-12(14)2)13(3)15-6-5-10-18-15/h5-6,10,12-14,16H,4,7-9,11H2,1-3H3. The molecule has 1 saturated heterocycles. The lowest BCUT2D eigenvalue weighted by molar-refractivity contribution is 0.101. The molecule has 1 fully saturated rings. The van der Waals surface area contributed by atoms with Gasteiger partial charge in [0.1, 0.15) is 5.76 Å². The molecular formula is C15H26N2O. The molecule has 0 aliphatic carbocycles. The zero-order chi connectivity index (χ0) is 13.0. The van der Waals surface area contributed by atoms with Crippen LogP contribution < -0.4 is 5.32 Å². The van der Waals surface area contributed by atoms with E-state index in [-0.39, 0.29) is 0 Å². The van der Waals surface area contributed by atoms with E-state index in [1.54, 1.807) is 6.26 Å². The SMILES string of the molecule is CCCNC1CCN(C(C)c2ccco2)CC1C. The number of piperidine rings is 1. The molecule has 0 bridgehead atoms. The maximum absolute atomic E-state index is 5.52. The molecule has 2 rings (SSSR count). The van der Waals surface area contributed by atoms with Gasteiger partial charge in [0.15, 0.2) is 0 Å². The van der Waals surface area contributed by atoms with Crippen LogP contribution in [0.15, 0.2) is 22.8 Å². The number of likely N-dealkylation sites (tertiary alicyclic amines) is 1. The van der Waals surface area contributed by atoms with Crippen molar-refractivity contribution in [3.05, 3.63) is 24.2 Å². The Bertz CT molecular complexity index is 336.